The van der Waals surface area contributed by atoms with Crippen LogP contribution in [-0.4, -0.2) is 17.3 Å². The molecular weight excluding hydrogens is 226 g/mol. The van der Waals surface area contributed by atoms with Crippen molar-refractivity contribution in [2.24, 2.45) is 5.73 Å². The van der Waals surface area contributed by atoms with Crippen molar-refractivity contribution in [1.82, 2.24) is 0 Å². The van der Waals surface area contributed by atoms with Gasteiger partial charge in [-0.1, -0.05) is 12.5 Å². The van der Waals surface area contributed by atoms with Gasteiger partial charge in [0.1, 0.15) is 11.9 Å². The van der Waals surface area contributed by atoms with Gasteiger partial charge in [0, 0.05) is 6.04 Å². The Labute approximate surface area is 108 Å². The third-order valence-corrected chi connectivity index (χ3v) is 4.19. The van der Waals surface area contributed by atoms with Crippen molar-refractivity contribution in [2.75, 3.05) is 0 Å². The second-order valence-corrected chi connectivity index (χ2v) is 5.51. The van der Waals surface area contributed by atoms with Crippen LogP contribution in [0.5, 0.6) is 5.75 Å². The summed E-state index contributed by atoms with van der Waals surface area (Å²) in [7, 11) is 0. The van der Waals surface area contributed by atoms with Crippen LogP contribution in [-0.2, 0) is 6.42 Å². The summed E-state index contributed by atoms with van der Waals surface area (Å²) in [5.41, 5.74) is 8.59. The van der Waals surface area contributed by atoms with Gasteiger partial charge in [0.25, 0.3) is 0 Å². The van der Waals surface area contributed by atoms with Crippen molar-refractivity contribution >= 4 is 0 Å². The zero-order chi connectivity index (χ0) is 12.5. The maximum atomic E-state index is 9.92. The Balaban J connectivity index is 1.73. The van der Waals surface area contributed by atoms with Crippen LogP contribution in [0.2, 0.25) is 0 Å². The Bertz CT molecular complexity index is 433. The van der Waals surface area contributed by atoms with E-state index in [1.54, 1.807) is 0 Å². The predicted molar refractivity (Wildman–Crippen MR) is 70.6 cm³/mol. The molecule has 3 rings (SSSR count). The van der Waals surface area contributed by atoms with Crippen LogP contribution in [0, 0.1) is 0 Å². The fourth-order valence-electron chi connectivity index (χ4n) is 3.09. The fourth-order valence-corrected chi connectivity index (χ4v) is 3.09. The molecule has 0 bridgehead atoms. The van der Waals surface area contributed by atoms with Crippen LogP contribution in [0.4, 0.5) is 0 Å². The molecule has 98 valence electrons. The lowest BCUT2D eigenvalue weighted by molar-refractivity contribution is 0.00684. The SMILES string of the molecule is N[C@@H]1CCc2cc(OC3CCCCC3O)ccc21. The van der Waals surface area contributed by atoms with Gasteiger partial charge in [-0.25, -0.2) is 0 Å². The molecule has 0 saturated heterocycles. The molecule has 1 aromatic rings. The molecule has 1 fully saturated rings. The zero-order valence-electron chi connectivity index (χ0n) is 10.6. The molecule has 2 aliphatic rings. The van der Waals surface area contributed by atoms with Crippen LogP contribution in [0.15, 0.2) is 18.2 Å². The Morgan fingerprint density at radius 2 is 2.00 bits per heavy atom. The molecule has 0 spiro atoms. The third-order valence-electron chi connectivity index (χ3n) is 4.19. The fraction of sp³-hybridized carbons (Fsp3) is 0.600. The summed E-state index contributed by atoms with van der Waals surface area (Å²) in [6.07, 6.45) is 5.81. The average Bonchev–Trinajstić information content (AvgIpc) is 2.74. The monoisotopic (exact) mass is 247 g/mol. The first kappa shape index (κ1) is 12.0. The van der Waals surface area contributed by atoms with Gasteiger partial charge < -0.3 is 15.6 Å². The molecule has 18 heavy (non-hydrogen) atoms. The van der Waals surface area contributed by atoms with E-state index in [0.29, 0.717) is 0 Å². The normalized spacial score (nSPS) is 31.1. The number of ether oxygens (including phenoxy) is 1. The van der Waals surface area contributed by atoms with Gasteiger partial charge in [-0.15, -0.1) is 0 Å². The summed E-state index contributed by atoms with van der Waals surface area (Å²) in [5.74, 6) is 0.883. The molecule has 0 aromatic heterocycles. The Morgan fingerprint density at radius 3 is 2.83 bits per heavy atom. The lowest BCUT2D eigenvalue weighted by atomic mass is 9.95. The van der Waals surface area contributed by atoms with Crippen molar-refractivity contribution in [3.05, 3.63) is 29.3 Å². The first-order valence-electron chi connectivity index (χ1n) is 6.97. The van der Waals surface area contributed by atoms with Crippen LogP contribution < -0.4 is 10.5 Å². The molecule has 0 amide bonds. The molecular formula is C15H21NO2. The number of benzene rings is 1. The number of hydrogen-bond donors (Lipinski definition) is 2. The number of nitrogens with two attached hydrogens (primary N) is 1. The first-order valence-corrected chi connectivity index (χ1v) is 6.97. The highest BCUT2D eigenvalue weighted by molar-refractivity contribution is 5.40. The van der Waals surface area contributed by atoms with Crippen molar-refractivity contribution < 1.29 is 9.84 Å². The van der Waals surface area contributed by atoms with Gasteiger partial charge in [0.15, 0.2) is 0 Å². The summed E-state index contributed by atoms with van der Waals surface area (Å²) in [4.78, 5) is 0. The highest BCUT2D eigenvalue weighted by Crippen LogP contribution is 2.33. The maximum Gasteiger partial charge on any atom is 0.124 e. The Morgan fingerprint density at radius 1 is 1.17 bits per heavy atom. The lowest BCUT2D eigenvalue weighted by Gasteiger charge is -2.28. The van der Waals surface area contributed by atoms with E-state index in [-0.39, 0.29) is 18.2 Å². The van der Waals surface area contributed by atoms with Gasteiger partial charge in [0.2, 0.25) is 0 Å². The van der Waals surface area contributed by atoms with E-state index in [0.717, 1.165) is 44.3 Å². The van der Waals surface area contributed by atoms with Crippen molar-refractivity contribution in [1.29, 1.82) is 0 Å². The van der Waals surface area contributed by atoms with E-state index in [1.165, 1.54) is 11.1 Å². The van der Waals surface area contributed by atoms with Crippen LogP contribution >= 0.6 is 0 Å². The van der Waals surface area contributed by atoms with Gasteiger partial charge in [-0.3, -0.25) is 0 Å². The van der Waals surface area contributed by atoms with Gasteiger partial charge in [-0.05, 0) is 55.4 Å². The molecule has 0 aliphatic heterocycles. The van der Waals surface area contributed by atoms with Gasteiger partial charge in [-0.2, -0.15) is 0 Å². The van der Waals surface area contributed by atoms with E-state index >= 15 is 0 Å². The van der Waals surface area contributed by atoms with E-state index in [9.17, 15) is 5.11 Å². The number of aryl methyl sites for hydroxylation is 1. The lowest BCUT2D eigenvalue weighted by Crippen LogP contribution is -2.34. The standard InChI is InChI=1S/C15H21NO2/c16-13-8-5-10-9-11(6-7-12(10)13)18-15-4-2-1-3-14(15)17/h6-7,9,13-15,17H,1-5,8,16H2/t13-,14?,15?/m1/s1. The van der Waals surface area contributed by atoms with Crippen LogP contribution in [0.1, 0.15) is 49.3 Å². The Kier molecular flexibility index (Phi) is 3.27. The van der Waals surface area contributed by atoms with Crippen molar-refractivity contribution in [3.63, 3.8) is 0 Å². The summed E-state index contributed by atoms with van der Waals surface area (Å²) < 4.78 is 5.94. The molecule has 3 nitrogen and oxygen atoms in total. The largest absolute Gasteiger partial charge is 0.488 e. The van der Waals surface area contributed by atoms with Crippen LogP contribution in [0.25, 0.3) is 0 Å². The second kappa shape index (κ2) is 4.90. The molecule has 3 atom stereocenters. The molecule has 0 heterocycles. The minimum absolute atomic E-state index is 0.0353. The zero-order valence-corrected chi connectivity index (χ0v) is 10.6. The highest BCUT2D eigenvalue weighted by atomic mass is 16.5. The smallest absolute Gasteiger partial charge is 0.124 e. The predicted octanol–water partition coefficient (Wildman–Crippen LogP) is 2.31. The molecule has 1 saturated carbocycles. The first-order chi connectivity index (χ1) is 8.74. The van der Waals surface area contributed by atoms with E-state index < -0.39 is 0 Å². The number of hydrogen-bond acceptors (Lipinski definition) is 3. The maximum absolute atomic E-state index is 9.92. The minimum atomic E-state index is -0.311. The molecule has 2 aliphatic carbocycles. The van der Waals surface area contributed by atoms with Crippen molar-refractivity contribution in [2.45, 2.75) is 56.8 Å². The van der Waals surface area contributed by atoms with E-state index in [2.05, 4.69) is 12.1 Å². The Hall–Kier alpha value is -1.06. The van der Waals surface area contributed by atoms with Crippen molar-refractivity contribution in [3.8, 4) is 5.75 Å². The summed E-state index contributed by atoms with van der Waals surface area (Å²) in [6, 6.07) is 6.36. The molecule has 3 heteroatoms. The second-order valence-electron chi connectivity index (χ2n) is 5.51. The molecule has 2 unspecified atom stereocenters. The number of rotatable bonds is 2. The molecule has 0 radical (unpaired) electrons. The number of fused-ring (bicyclic) bond motifs is 1. The van der Waals surface area contributed by atoms with Crippen LogP contribution in [0.3, 0.4) is 0 Å². The average molecular weight is 247 g/mol. The van der Waals surface area contributed by atoms with Gasteiger partial charge >= 0.3 is 0 Å². The van der Waals surface area contributed by atoms with E-state index in [1.807, 2.05) is 6.07 Å². The number of aliphatic hydroxyl groups is 1. The molecule has 1 aromatic carbocycles. The number of aliphatic hydroxyl groups excluding tert-OH is 1. The van der Waals surface area contributed by atoms with Gasteiger partial charge in [0.05, 0.1) is 6.10 Å². The molecule has 3 N–H and O–H groups in total. The summed E-state index contributed by atoms with van der Waals surface area (Å²) >= 11 is 0. The minimum Gasteiger partial charge on any atom is -0.488 e. The topological polar surface area (TPSA) is 55.5 Å². The summed E-state index contributed by atoms with van der Waals surface area (Å²) in [6.45, 7) is 0. The van der Waals surface area contributed by atoms with E-state index in [4.69, 9.17) is 10.5 Å². The summed E-state index contributed by atoms with van der Waals surface area (Å²) in [5, 5.41) is 9.92. The highest BCUT2D eigenvalue weighted by Gasteiger charge is 2.25. The quantitative estimate of drug-likeness (QED) is 0.843. The third kappa shape index (κ3) is 2.25.